The Morgan fingerprint density at radius 1 is 1.24 bits per heavy atom. The average Bonchev–Trinajstić information content (AvgIpc) is 2.61. The minimum atomic E-state index is -0.537. The summed E-state index contributed by atoms with van der Waals surface area (Å²) in [6.45, 7) is 1.40. The number of aryl methyl sites for hydroxylation is 1. The molecule has 0 aliphatic carbocycles. The van der Waals surface area contributed by atoms with Crippen LogP contribution in [0.15, 0.2) is 36.4 Å². The molecule has 1 N–H and O–H groups in total. The Labute approximate surface area is 143 Å². The highest BCUT2D eigenvalue weighted by Gasteiger charge is 2.13. The summed E-state index contributed by atoms with van der Waals surface area (Å²) >= 11 is 0. The van der Waals surface area contributed by atoms with Crippen molar-refractivity contribution >= 4 is 23.6 Å². The molecule has 0 fully saturated rings. The van der Waals surface area contributed by atoms with Crippen LogP contribution in [-0.2, 0) is 4.79 Å². The molecule has 0 bridgehead atoms. The highest BCUT2D eigenvalue weighted by Crippen LogP contribution is 2.27. The average molecular weight is 344 g/mol. The topological polar surface area (TPSA) is 108 Å². The Morgan fingerprint density at radius 2 is 2.00 bits per heavy atom. The van der Waals surface area contributed by atoms with E-state index in [1.807, 2.05) is 0 Å². The molecule has 2 rings (SSSR count). The molecule has 2 aromatic carbocycles. The second kappa shape index (κ2) is 7.91. The summed E-state index contributed by atoms with van der Waals surface area (Å²) in [5.74, 6) is 0.146. The molecular formula is C17H16N2O6. The minimum absolute atomic E-state index is 0.118. The quantitative estimate of drug-likeness (QED) is 0.470. The van der Waals surface area contributed by atoms with E-state index in [2.05, 4.69) is 5.32 Å². The van der Waals surface area contributed by atoms with Crippen molar-refractivity contribution in [1.29, 1.82) is 0 Å². The molecule has 0 radical (unpaired) electrons. The molecule has 0 saturated heterocycles. The maximum atomic E-state index is 12.0. The number of nitro groups is 1. The van der Waals surface area contributed by atoms with Crippen LogP contribution in [-0.4, -0.2) is 30.8 Å². The molecule has 130 valence electrons. The molecular weight excluding hydrogens is 328 g/mol. The number of carbonyl (C=O) groups excluding carboxylic acids is 2. The minimum Gasteiger partial charge on any atom is -0.493 e. The lowest BCUT2D eigenvalue weighted by Crippen LogP contribution is -2.21. The van der Waals surface area contributed by atoms with Gasteiger partial charge in [0.15, 0.2) is 18.1 Å². The number of nitrogens with zero attached hydrogens (tertiary/aromatic N) is 1. The lowest BCUT2D eigenvalue weighted by atomic mass is 10.2. The third kappa shape index (κ3) is 4.54. The molecule has 0 spiro atoms. The number of hydrogen-bond acceptors (Lipinski definition) is 6. The molecule has 0 atom stereocenters. The summed E-state index contributed by atoms with van der Waals surface area (Å²) in [4.78, 5) is 33.1. The Morgan fingerprint density at radius 3 is 2.64 bits per heavy atom. The first-order valence-corrected chi connectivity index (χ1v) is 7.25. The number of benzene rings is 2. The standard InChI is InChI=1S/C17H16N2O6/c1-11-3-5-13(19(22)23)8-14(11)18-17(21)10-25-15-6-4-12(9-20)7-16(15)24-2/h3-9H,10H2,1-2H3,(H,18,21). The van der Waals surface area contributed by atoms with Gasteiger partial charge in [-0.25, -0.2) is 0 Å². The fraction of sp³-hybridized carbons (Fsp3) is 0.176. The molecule has 0 unspecified atom stereocenters. The predicted octanol–water partition coefficient (Wildman–Crippen LogP) is 2.74. The van der Waals surface area contributed by atoms with Gasteiger partial charge in [-0.1, -0.05) is 6.07 Å². The van der Waals surface area contributed by atoms with Crippen LogP contribution < -0.4 is 14.8 Å². The Balaban J connectivity index is 2.05. The van der Waals surface area contributed by atoms with E-state index in [0.29, 0.717) is 34.6 Å². The van der Waals surface area contributed by atoms with E-state index >= 15 is 0 Å². The van der Waals surface area contributed by atoms with Crippen molar-refractivity contribution < 1.29 is 24.0 Å². The number of anilines is 1. The van der Waals surface area contributed by atoms with Crippen LogP contribution in [0.2, 0.25) is 0 Å². The maximum absolute atomic E-state index is 12.0. The van der Waals surface area contributed by atoms with E-state index in [1.165, 1.54) is 37.4 Å². The molecule has 8 heteroatoms. The molecule has 8 nitrogen and oxygen atoms in total. The molecule has 2 aromatic rings. The summed E-state index contributed by atoms with van der Waals surface area (Å²) in [5.41, 5.74) is 1.33. The van der Waals surface area contributed by atoms with Crippen molar-refractivity contribution in [3.8, 4) is 11.5 Å². The van der Waals surface area contributed by atoms with Crippen LogP contribution in [0.1, 0.15) is 15.9 Å². The van der Waals surface area contributed by atoms with Crippen molar-refractivity contribution in [1.82, 2.24) is 0 Å². The Hall–Kier alpha value is -3.42. The number of non-ortho nitro benzene ring substituents is 1. The Kier molecular flexibility index (Phi) is 5.67. The molecule has 0 aliphatic heterocycles. The van der Waals surface area contributed by atoms with Crippen LogP contribution >= 0.6 is 0 Å². The number of methoxy groups -OCH3 is 1. The van der Waals surface area contributed by atoms with Crippen LogP contribution in [0, 0.1) is 17.0 Å². The molecule has 25 heavy (non-hydrogen) atoms. The number of aldehydes is 1. The van der Waals surface area contributed by atoms with Gasteiger partial charge in [0.05, 0.1) is 17.7 Å². The molecule has 1 amide bonds. The van der Waals surface area contributed by atoms with Crippen LogP contribution in [0.3, 0.4) is 0 Å². The monoisotopic (exact) mass is 344 g/mol. The van der Waals surface area contributed by atoms with E-state index in [0.717, 1.165) is 0 Å². The number of nitro benzene ring substituents is 1. The first-order chi connectivity index (χ1) is 11.9. The number of carbonyl (C=O) groups is 2. The van der Waals surface area contributed by atoms with Gasteiger partial charge in [0.2, 0.25) is 0 Å². The third-order valence-corrected chi connectivity index (χ3v) is 3.39. The maximum Gasteiger partial charge on any atom is 0.271 e. The Bertz CT molecular complexity index is 819. The third-order valence-electron chi connectivity index (χ3n) is 3.39. The van der Waals surface area contributed by atoms with Gasteiger partial charge in [-0.15, -0.1) is 0 Å². The van der Waals surface area contributed by atoms with E-state index < -0.39 is 10.8 Å². The summed E-state index contributed by atoms with van der Waals surface area (Å²) in [5, 5.41) is 13.4. The van der Waals surface area contributed by atoms with Crippen LogP contribution in [0.25, 0.3) is 0 Å². The number of hydrogen-bond donors (Lipinski definition) is 1. The van der Waals surface area contributed by atoms with Gasteiger partial charge in [0.25, 0.3) is 11.6 Å². The highest BCUT2D eigenvalue weighted by atomic mass is 16.6. The highest BCUT2D eigenvalue weighted by molar-refractivity contribution is 5.93. The zero-order valence-corrected chi connectivity index (χ0v) is 13.6. The fourth-order valence-electron chi connectivity index (χ4n) is 2.06. The first kappa shape index (κ1) is 17.9. The van der Waals surface area contributed by atoms with E-state index in [9.17, 15) is 19.7 Å². The van der Waals surface area contributed by atoms with E-state index in [4.69, 9.17) is 9.47 Å². The lowest BCUT2D eigenvalue weighted by Gasteiger charge is -2.12. The predicted molar refractivity (Wildman–Crippen MR) is 90.3 cm³/mol. The van der Waals surface area contributed by atoms with Gasteiger partial charge in [-0.05, 0) is 30.7 Å². The summed E-state index contributed by atoms with van der Waals surface area (Å²) < 4.78 is 10.5. The lowest BCUT2D eigenvalue weighted by molar-refractivity contribution is -0.384. The van der Waals surface area contributed by atoms with Gasteiger partial charge in [-0.2, -0.15) is 0 Å². The smallest absolute Gasteiger partial charge is 0.271 e. The van der Waals surface area contributed by atoms with Crippen molar-refractivity contribution in [2.24, 2.45) is 0 Å². The van der Waals surface area contributed by atoms with Gasteiger partial charge >= 0.3 is 0 Å². The number of rotatable bonds is 7. The molecule has 0 heterocycles. The summed E-state index contributed by atoms with van der Waals surface area (Å²) in [6, 6.07) is 8.75. The van der Waals surface area contributed by atoms with E-state index in [1.54, 1.807) is 13.0 Å². The summed E-state index contributed by atoms with van der Waals surface area (Å²) in [6.07, 6.45) is 0.671. The normalized spacial score (nSPS) is 10.0. The zero-order valence-electron chi connectivity index (χ0n) is 13.6. The van der Waals surface area contributed by atoms with Gasteiger partial charge in [0.1, 0.15) is 6.29 Å². The van der Waals surface area contributed by atoms with Crippen molar-refractivity contribution in [3.63, 3.8) is 0 Å². The number of amides is 1. The molecule has 0 aromatic heterocycles. The second-order valence-electron chi connectivity index (χ2n) is 5.12. The van der Waals surface area contributed by atoms with Crippen molar-refractivity contribution in [2.75, 3.05) is 19.0 Å². The molecule has 0 saturated carbocycles. The van der Waals surface area contributed by atoms with Crippen molar-refractivity contribution in [2.45, 2.75) is 6.92 Å². The SMILES string of the molecule is COc1cc(C=O)ccc1OCC(=O)Nc1cc([N+](=O)[O-])ccc1C. The van der Waals surface area contributed by atoms with Gasteiger partial charge in [-0.3, -0.25) is 19.7 Å². The van der Waals surface area contributed by atoms with Gasteiger partial charge in [0, 0.05) is 17.7 Å². The number of nitrogens with one attached hydrogen (secondary N) is 1. The second-order valence-corrected chi connectivity index (χ2v) is 5.12. The summed E-state index contributed by atoms with van der Waals surface area (Å²) in [7, 11) is 1.42. The largest absolute Gasteiger partial charge is 0.493 e. The molecule has 0 aliphatic rings. The van der Waals surface area contributed by atoms with E-state index in [-0.39, 0.29) is 12.3 Å². The van der Waals surface area contributed by atoms with Crippen LogP contribution in [0.5, 0.6) is 11.5 Å². The van der Waals surface area contributed by atoms with Crippen LogP contribution in [0.4, 0.5) is 11.4 Å². The van der Waals surface area contributed by atoms with Gasteiger partial charge < -0.3 is 14.8 Å². The van der Waals surface area contributed by atoms with Crippen molar-refractivity contribution in [3.05, 3.63) is 57.6 Å². The zero-order chi connectivity index (χ0) is 18.4. The first-order valence-electron chi connectivity index (χ1n) is 7.25. The fourth-order valence-corrected chi connectivity index (χ4v) is 2.06. The number of ether oxygens (including phenoxy) is 2.